The van der Waals surface area contributed by atoms with E-state index >= 15 is 0 Å². The average molecular weight is 227 g/mol. The molecule has 1 aliphatic heterocycles. The van der Waals surface area contributed by atoms with E-state index in [4.69, 9.17) is 5.73 Å². The minimum Gasteiger partial charge on any atom is -0.356 e. The van der Waals surface area contributed by atoms with E-state index in [1.54, 1.807) is 0 Å². The molecule has 0 atom stereocenters. The molecule has 94 valence electrons. The van der Waals surface area contributed by atoms with E-state index in [-0.39, 0.29) is 5.91 Å². The lowest BCUT2D eigenvalue weighted by Gasteiger charge is -2.28. The number of rotatable bonds is 6. The van der Waals surface area contributed by atoms with E-state index in [1.165, 1.54) is 25.9 Å². The standard InChI is InChI=1S/C12H25N3O/c1-15-9-5-11(6-10-15)4-8-14-12(16)3-2-7-13/h11H,2-10,13H2,1H3,(H,14,16). The van der Waals surface area contributed by atoms with Gasteiger partial charge in [0.15, 0.2) is 0 Å². The normalized spacial score (nSPS) is 18.6. The van der Waals surface area contributed by atoms with Gasteiger partial charge in [-0.2, -0.15) is 0 Å². The van der Waals surface area contributed by atoms with Crippen molar-refractivity contribution in [2.45, 2.75) is 32.1 Å². The number of carbonyl (C=O) groups is 1. The zero-order chi connectivity index (χ0) is 11.8. The number of nitrogens with one attached hydrogen (secondary N) is 1. The molecule has 0 radical (unpaired) electrons. The number of piperidine rings is 1. The maximum absolute atomic E-state index is 11.3. The van der Waals surface area contributed by atoms with Gasteiger partial charge in [-0.05, 0) is 58.3 Å². The molecule has 1 saturated heterocycles. The Labute approximate surface area is 98.6 Å². The van der Waals surface area contributed by atoms with Crippen molar-refractivity contribution >= 4 is 5.91 Å². The van der Waals surface area contributed by atoms with Gasteiger partial charge in [-0.3, -0.25) is 4.79 Å². The van der Waals surface area contributed by atoms with Crippen molar-refractivity contribution < 1.29 is 4.79 Å². The first kappa shape index (κ1) is 13.5. The van der Waals surface area contributed by atoms with E-state index in [0.717, 1.165) is 25.3 Å². The van der Waals surface area contributed by atoms with Crippen LogP contribution in [0.2, 0.25) is 0 Å². The largest absolute Gasteiger partial charge is 0.356 e. The maximum Gasteiger partial charge on any atom is 0.220 e. The summed E-state index contributed by atoms with van der Waals surface area (Å²) >= 11 is 0. The lowest BCUT2D eigenvalue weighted by atomic mass is 9.94. The van der Waals surface area contributed by atoms with Crippen LogP contribution in [0.4, 0.5) is 0 Å². The fraction of sp³-hybridized carbons (Fsp3) is 0.917. The molecule has 4 heteroatoms. The van der Waals surface area contributed by atoms with Gasteiger partial charge in [0.05, 0.1) is 0 Å². The summed E-state index contributed by atoms with van der Waals surface area (Å²) in [6.45, 7) is 3.83. The molecular formula is C12H25N3O. The zero-order valence-electron chi connectivity index (χ0n) is 10.4. The van der Waals surface area contributed by atoms with Gasteiger partial charge >= 0.3 is 0 Å². The lowest BCUT2D eigenvalue weighted by molar-refractivity contribution is -0.121. The predicted molar refractivity (Wildman–Crippen MR) is 66.1 cm³/mol. The monoisotopic (exact) mass is 227 g/mol. The highest BCUT2D eigenvalue weighted by atomic mass is 16.1. The Bertz CT molecular complexity index is 200. The van der Waals surface area contributed by atoms with Crippen LogP contribution in [0, 0.1) is 5.92 Å². The number of likely N-dealkylation sites (tertiary alicyclic amines) is 1. The second-order valence-corrected chi connectivity index (χ2v) is 4.78. The number of nitrogens with two attached hydrogens (primary N) is 1. The molecule has 0 bridgehead atoms. The second kappa shape index (κ2) is 7.63. The summed E-state index contributed by atoms with van der Waals surface area (Å²) in [5.74, 6) is 0.949. The van der Waals surface area contributed by atoms with E-state index in [2.05, 4.69) is 17.3 Å². The Morgan fingerprint density at radius 1 is 1.44 bits per heavy atom. The zero-order valence-corrected chi connectivity index (χ0v) is 10.4. The van der Waals surface area contributed by atoms with Crippen molar-refractivity contribution in [1.29, 1.82) is 0 Å². The van der Waals surface area contributed by atoms with E-state index in [9.17, 15) is 4.79 Å². The van der Waals surface area contributed by atoms with Gasteiger partial charge in [-0.25, -0.2) is 0 Å². The predicted octanol–water partition coefficient (Wildman–Crippen LogP) is 0.573. The first-order valence-electron chi connectivity index (χ1n) is 6.37. The first-order chi connectivity index (χ1) is 7.72. The Morgan fingerprint density at radius 3 is 2.75 bits per heavy atom. The topological polar surface area (TPSA) is 58.4 Å². The summed E-state index contributed by atoms with van der Waals surface area (Å²) in [5, 5.41) is 2.97. The summed E-state index contributed by atoms with van der Waals surface area (Å²) in [7, 11) is 2.17. The van der Waals surface area contributed by atoms with Crippen LogP contribution in [0.25, 0.3) is 0 Å². The molecule has 3 N–H and O–H groups in total. The number of carbonyl (C=O) groups excluding carboxylic acids is 1. The summed E-state index contributed by atoms with van der Waals surface area (Å²) in [5.41, 5.74) is 5.35. The smallest absolute Gasteiger partial charge is 0.220 e. The third-order valence-electron chi connectivity index (χ3n) is 3.32. The molecule has 1 fully saturated rings. The fourth-order valence-corrected chi connectivity index (χ4v) is 2.12. The van der Waals surface area contributed by atoms with Crippen molar-refractivity contribution in [3.63, 3.8) is 0 Å². The quantitative estimate of drug-likeness (QED) is 0.697. The maximum atomic E-state index is 11.3. The summed E-state index contributed by atoms with van der Waals surface area (Å²) in [4.78, 5) is 13.7. The molecule has 1 rings (SSSR count). The van der Waals surface area contributed by atoms with Gasteiger partial charge in [-0.1, -0.05) is 0 Å². The molecule has 0 aromatic rings. The van der Waals surface area contributed by atoms with Crippen molar-refractivity contribution in [2.75, 3.05) is 33.2 Å². The Balaban J connectivity index is 2.00. The van der Waals surface area contributed by atoms with Crippen LogP contribution in [-0.4, -0.2) is 44.0 Å². The van der Waals surface area contributed by atoms with E-state index in [1.807, 2.05) is 0 Å². The molecule has 1 aliphatic rings. The molecule has 1 heterocycles. The SMILES string of the molecule is CN1CCC(CCNC(=O)CCCN)CC1. The van der Waals surface area contributed by atoms with Crippen LogP contribution in [0.5, 0.6) is 0 Å². The van der Waals surface area contributed by atoms with Gasteiger partial charge in [0, 0.05) is 13.0 Å². The molecule has 0 aromatic heterocycles. The number of hydrogen-bond acceptors (Lipinski definition) is 3. The Hall–Kier alpha value is -0.610. The van der Waals surface area contributed by atoms with Crippen LogP contribution in [0.15, 0.2) is 0 Å². The highest BCUT2D eigenvalue weighted by molar-refractivity contribution is 5.75. The van der Waals surface area contributed by atoms with Crippen LogP contribution in [0.3, 0.4) is 0 Å². The molecular weight excluding hydrogens is 202 g/mol. The third-order valence-corrected chi connectivity index (χ3v) is 3.32. The Morgan fingerprint density at radius 2 is 2.12 bits per heavy atom. The first-order valence-corrected chi connectivity index (χ1v) is 6.37. The van der Waals surface area contributed by atoms with Crippen LogP contribution in [0.1, 0.15) is 32.1 Å². The van der Waals surface area contributed by atoms with E-state index < -0.39 is 0 Å². The molecule has 1 amide bonds. The fourth-order valence-electron chi connectivity index (χ4n) is 2.12. The van der Waals surface area contributed by atoms with Gasteiger partial charge in [0.25, 0.3) is 0 Å². The summed E-state index contributed by atoms with van der Waals surface area (Å²) in [6, 6.07) is 0. The highest BCUT2D eigenvalue weighted by Crippen LogP contribution is 2.18. The average Bonchev–Trinajstić information content (AvgIpc) is 2.29. The van der Waals surface area contributed by atoms with Crippen molar-refractivity contribution in [3.05, 3.63) is 0 Å². The molecule has 0 aromatic carbocycles. The molecule has 0 aliphatic carbocycles. The third kappa shape index (κ3) is 5.47. The van der Waals surface area contributed by atoms with Gasteiger partial charge in [0.2, 0.25) is 5.91 Å². The summed E-state index contributed by atoms with van der Waals surface area (Å²) in [6.07, 6.45) is 5.04. The van der Waals surface area contributed by atoms with Crippen LogP contribution >= 0.6 is 0 Å². The molecule has 0 saturated carbocycles. The molecule has 16 heavy (non-hydrogen) atoms. The second-order valence-electron chi connectivity index (χ2n) is 4.78. The van der Waals surface area contributed by atoms with Gasteiger partial charge in [0.1, 0.15) is 0 Å². The minimum absolute atomic E-state index is 0.151. The number of nitrogens with zero attached hydrogens (tertiary/aromatic N) is 1. The van der Waals surface area contributed by atoms with Crippen molar-refractivity contribution in [3.8, 4) is 0 Å². The van der Waals surface area contributed by atoms with Crippen molar-refractivity contribution in [2.24, 2.45) is 11.7 Å². The lowest BCUT2D eigenvalue weighted by Crippen LogP contribution is -2.32. The van der Waals surface area contributed by atoms with E-state index in [0.29, 0.717) is 13.0 Å². The Kier molecular flexibility index (Phi) is 6.42. The highest BCUT2D eigenvalue weighted by Gasteiger charge is 2.16. The van der Waals surface area contributed by atoms with Gasteiger partial charge in [-0.15, -0.1) is 0 Å². The molecule has 0 unspecified atom stereocenters. The molecule has 4 nitrogen and oxygen atoms in total. The van der Waals surface area contributed by atoms with Crippen LogP contribution in [-0.2, 0) is 4.79 Å². The number of amides is 1. The molecule has 0 spiro atoms. The van der Waals surface area contributed by atoms with Crippen molar-refractivity contribution in [1.82, 2.24) is 10.2 Å². The number of hydrogen-bond donors (Lipinski definition) is 2. The van der Waals surface area contributed by atoms with Crippen LogP contribution < -0.4 is 11.1 Å². The minimum atomic E-state index is 0.151. The van der Waals surface area contributed by atoms with Gasteiger partial charge < -0.3 is 16.0 Å². The summed E-state index contributed by atoms with van der Waals surface area (Å²) < 4.78 is 0.